The minimum absolute atomic E-state index is 0.139. The average molecular weight is 369 g/mol. The summed E-state index contributed by atoms with van der Waals surface area (Å²) in [6.07, 6.45) is 5.28. The Morgan fingerprint density at radius 1 is 1.23 bits per heavy atom. The summed E-state index contributed by atoms with van der Waals surface area (Å²) in [4.78, 5) is 14.1. The molecule has 1 aliphatic heterocycles. The summed E-state index contributed by atoms with van der Waals surface area (Å²) in [6, 6.07) is 13.6. The number of halogens is 1. The van der Waals surface area contributed by atoms with Crippen molar-refractivity contribution >= 4 is 29.3 Å². The number of rotatable bonds is 5. The fourth-order valence-electron chi connectivity index (χ4n) is 2.61. The quantitative estimate of drug-likeness (QED) is 0.809. The van der Waals surface area contributed by atoms with Crippen molar-refractivity contribution in [3.05, 3.63) is 76.3 Å². The zero-order chi connectivity index (χ0) is 18.5. The molecule has 0 fully saturated rings. The van der Waals surface area contributed by atoms with Gasteiger partial charge >= 0.3 is 0 Å². The zero-order valence-corrected chi connectivity index (χ0v) is 15.6. The molecule has 1 aliphatic rings. The van der Waals surface area contributed by atoms with E-state index in [-0.39, 0.29) is 5.91 Å². The van der Waals surface area contributed by atoms with E-state index in [9.17, 15) is 4.79 Å². The Hall–Kier alpha value is -2.72. The molecule has 0 bridgehead atoms. The van der Waals surface area contributed by atoms with Crippen molar-refractivity contribution in [3.8, 4) is 5.75 Å². The van der Waals surface area contributed by atoms with Crippen LogP contribution in [0.25, 0.3) is 6.08 Å². The van der Waals surface area contributed by atoms with Crippen LogP contribution in [-0.2, 0) is 11.3 Å². The van der Waals surface area contributed by atoms with Crippen LogP contribution in [0.5, 0.6) is 5.75 Å². The Kier molecular flexibility index (Phi) is 5.64. The Morgan fingerprint density at radius 2 is 2.00 bits per heavy atom. The summed E-state index contributed by atoms with van der Waals surface area (Å²) in [7, 11) is 4.00. The number of anilines is 1. The van der Waals surface area contributed by atoms with Crippen LogP contribution in [0.3, 0.4) is 0 Å². The molecule has 2 aromatic rings. The Morgan fingerprint density at radius 3 is 2.73 bits per heavy atom. The number of carbonyl (C=O) groups is 1. The standard InChI is InChI=1S/C21H21ClN2O2/c1-24(2)19-7-3-15(4-8-19)13-23-21(25)10-5-16-11-17-12-18(22)6-9-20(17)26-14-16/h3-12H,13-14H2,1-2H3,(H,23,25)/b10-5+. The summed E-state index contributed by atoms with van der Waals surface area (Å²) in [5, 5.41) is 3.55. The zero-order valence-electron chi connectivity index (χ0n) is 14.8. The molecule has 5 heteroatoms. The molecule has 134 valence electrons. The van der Waals surface area contributed by atoms with Crippen molar-refractivity contribution in [2.45, 2.75) is 6.54 Å². The highest BCUT2D eigenvalue weighted by Gasteiger charge is 2.10. The summed E-state index contributed by atoms with van der Waals surface area (Å²) < 4.78 is 5.67. The predicted molar refractivity (Wildman–Crippen MR) is 107 cm³/mol. The largest absolute Gasteiger partial charge is 0.488 e. The first kappa shape index (κ1) is 18.1. The topological polar surface area (TPSA) is 41.6 Å². The molecule has 3 rings (SSSR count). The fourth-order valence-corrected chi connectivity index (χ4v) is 2.79. The Labute approximate surface area is 158 Å². The van der Waals surface area contributed by atoms with Gasteiger partial charge in [0.2, 0.25) is 5.91 Å². The molecule has 4 nitrogen and oxygen atoms in total. The Bertz CT molecular complexity index is 855. The van der Waals surface area contributed by atoms with E-state index in [4.69, 9.17) is 16.3 Å². The molecular weight excluding hydrogens is 348 g/mol. The van der Waals surface area contributed by atoms with Crippen molar-refractivity contribution < 1.29 is 9.53 Å². The smallest absolute Gasteiger partial charge is 0.244 e. The highest BCUT2D eigenvalue weighted by molar-refractivity contribution is 6.30. The summed E-state index contributed by atoms with van der Waals surface area (Å²) in [5.41, 5.74) is 4.03. The first-order valence-corrected chi connectivity index (χ1v) is 8.74. The number of amides is 1. The van der Waals surface area contributed by atoms with Crippen molar-refractivity contribution in [1.82, 2.24) is 5.32 Å². The molecular formula is C21H21ClN2O2. The van der Waals surface area contributed by atoms with Crippen LogP contribution < -0.4 is 15.0 Å². The maximum atomic E-state index is 12.0. The van der Waals surface area contributed by atoms with Gasteiger partial charge in [0.15, 0.2) is 0 Å². The molecule has 0 radical (unpaired) electrons. The van der Waals surface area contributed by atoms with Crippen LogP contribution in [-0.4, -0.2) is 26.6 Å². The molecule has 0 aromatic heterocycles. The lowest BCUT2D eigenvalue weighted by Gasteiger charge is -2.16. The van der Waals surface area contributed by atoms with E-state index >= 15 is 0 Å². The second-order valence-electron chi connectivity index (χ2n) is 6.30. The normalized spacial score (nSPS) is 13.0. The van der Waals surface area contributed by atoms with E-state index < -0.39 is 0 Å². The van der Waals surface area contributed by atoms with Gasteiger partial charge < -0.3 is 15.0 Å². The maximum absolute atomic E-state index is 12.0. The first-order chi connectivity index (χ1) is 12.5. The average Bonchev–Trinajstić information content (AvgIpc) is 2.64. The van der Waals surface area contributed by atoms with Crippen LogP contribution in [0.2, 0.25) is 5.02 Å². The van der Waals surface area contributed by atoms with E-state index in [1.807, 2.05) is 61.5 Å². The summed E-state index contributed by atoms with van der Waals surface area (Å²) in [6.45, 7) is 0.926. The number of ether oxygens (including phenoxy) is 1. The highest BCUT2D eigenvalue weighted by atomic mass is 35.5. The van der Waals surface area contributed by atoms with E-state index in [1.165, 1.54) is 6.08 Å². The van der Waals surface area contributed by atoms with E-state index in [0.29, 0.717) is 18.2 Å². The maximum Gasteiger partial charge on any atom is 0.244 e. The molecule has 1 N–H and O–H groups in total. The SMILES string of the molecule is CN(C)c1ccc(CNC(=O)/C=C/C2=Cc3cc(Cl)ccc3OC2)cc1. The molecule has 0 spiro atoms. The van der Waals surface area contributed by atoms with Gasteiger partial charge in [0.05, 0.1) is 0 Å². The van der Waals surface area contributed by atoms with Crippen LogP contribution in [0.1, 0.15) is 11.1 Å². The van der Waals surface area contributed by atoms with Gasteiger partial charge in [0, 0.05) is 43.0 Å². The molecule has 26 heavy (non-hydrogen) atoms. The molecule has 0 aliphatic carbocycles. The second-order valence-corrected chi connectivity index (χ2v) is 6.74. The lowest BCUT2D eigenvalue weighted by molar-refractivity contribution is -0.116. The lowest BCUT2D eigenvalue weighted by Crippen LogP contribution is -2.20. The van der Waals surface area contributed by atoms with Gasteiger partial charge in [0.1, 0.15) is 12.4 Å². The second kappa shape index (κ2) is 8.11. The molecule has 1 amide bonds. The number of hydrogen-bond acceptors (Lipinski definition) is 3. The van der Waals surface area contributed by atoms with E-state index in [1.54, 1.807) is 12.1 Å². The van der Waals surface area contributed by atoms with Gasteiger partial charge in [0.25, 0.3) is 0 Å². The Balaban J connectivity index is 1.56. The van der Waals surface area contributed by atoms with Gasteiger partial charge in [-0.3, -0.25) is 4.79 Å². The molecule has 0 unspecified atom stereocenters. The predicted octanol–water partition coefficient (Wildman–Crippen LogP) is 4.05. The van der Waals surface area contributed by atoms with Crippen LogP contribution in [0.15, 0.2) is 60.2 Å². The number of benzene rings is 2. The van der Waals surface area contributed by atoms with Crippen molar-refractivity contribution in [1.29, 1.82) is 0 Å². The number of nitrogens with zero attached hydrogens (tertiary/aromatic N) is 1. The molecule has 0 atom stereocenters. The van der Waals surface area contributed by atoms with E-state index in [2.05, 4.69) is 5.32 Å². The minimum Gasteiger partial charge on any atom is -0.488 e. The van der Waals surface area contributed by atoms with Crippen LogP contribution in [0, 0.1) is 0 Å². The van der Waals surface area contributed by atoms with E-state index in [0.717, 1.165) is 28.1 Å². The monoisotopic (exact) mass is 368 g/mol. The van der Waals surface area contributed by atoms with Crippen LogP contribution >= 0.6 is 11.6 Å². The van der Waals surface area contributed by atoms with Gasteiger partial charge in [-0.1, -0.05) is 29.8 Å². The number of hydrogen-bond donors (Lipinski definition) is 1. The first-order valence-electron chi connectivity index (χ1n) is 8.36. The van der Waals surface area contributed by atoms with Gasteiger partial charge in [-0.05, 0) is 47.5 Å². The van der Waals surface area contributed by atoms with Crippen LogP contribution in [0.4, 0.5) is 5.69 Å². The minimum atomic E-state index is -0.139. The van der Waals surface area contributed by atoms with Crippen molar-refractivity contribution in [2.75, 3.05) is 25.6 Å². The van der Waals surface area contributed by atoms with Gasteiger partial charge in [-0.25, -0.2) is 0 Å². The summed E-state index contributed by atoms with van der Waals surface area (Å²) >= 11 is 6.01. The van der Waals surface area contributed by atoms with Gasteiger partial charge in [-0.2, -0.15) is 0 Å². The fraction of sp³-hybridized carbons (Fsp3) is 0.190. The highest BCUT2D eigenvalue weighted by Crippen LogP contribution is 2.29. The number of carbonyl (C=O) groups excluding carboxylic acids is 1. The lowest BCUT2D eigenvalue weighted by atomic mass is 10.1. The molecule has 1 heterocycles. The molecule has 2 aromatic carbocycles. The third-order valence-electron chi connectivity index (χ3n) is 4.08. The van der Waals surface area contributed by atoms with Gasteiger partial charge in [-0.15, -0.1) is 0 Å². The van der Waals surface area contributed by atoms with Crippen molar-refractivity contribution in [2.24, 2.45) is 0 Å². The number of nitrogens with one attached hydrogen (secondary N) is 1. The third-order valence-corrected chi connectivity index (χ3v) is 4.31. The number of fused-ring (bicyclic) bond motifs is 1. The van der Waals surface area contributed by atoms with Crippen molar-refractivity contribution in [3.63, 3.8) is 0 Å². The summed E-state index contributed by atoms with van der Waals surface area (Å²) in [5.74, 6) is 0.664. The third kappa shape index (κ3) is 4.67. The molecule has 0 saturated carbocycles. The molecule has 0 saturated heterocycles.